The van der Waals surface area contributed by atoms with Gasteiger partial charge in [-0.3, -0.25) is 4.68 Å². The number of aldehydes is 1. The molecule has 1 aromatic carbocycles. The first kappa shape index (κ1) is 37.6. The van der Waals surface area contributed by atoms with Crippen LogP contribution in [0.4, 0.5) is 13.2 Å². The second kappa shape index (κ2) is 16.0. The number of piperidine rings is 1. The van der Waals surface area contributed by atoms with Gasteiger partial charge in [0.25, 0.3) is 0 Å². The number of benzene rings is 1. The third-order valence-corrected chi connectivity index (χ3v) is 9.77. The predicted octanol–water partition coefficient (Wildman–Crippen LogP) is 3.77. The molecule has 1 unspecified atom stereocenters. The number of carbonyl (C=O) groups is 1. The maximum atomic E-state index is 13.6. The lowest BCUT2D eigenvalue weighted by molar-refractivity contribution is -0.138. The molecule has 1 saturated heterocycles. The molecule has 0 spiro atoms. The van der Waals surface area contributed by atoms with Crippen LogP contribution in [0.25, 0.3) is 11.3 Å². The van der Waals surface area contributed by atoms with Crippen LogP contribution in [0.2, 0.25) is 0 Å². The monoisotopic (exact) mass is 697 g/mol. The molecule has 3 aromatic rings. The van der Waals surface area contributed by atoms with Crippen LogP contribution in [0.5, 0.6) is 0 Å². The van der Waals surface area contributed by atoms with Gasteiger partial charge in [-0.2, -0.15) is 27.6 Å². The number of aromatic nitrogens is 4. The van der Waals surface area contributed by atoms with E-state index < -0.39 is 27.9 Å². The summed E-state index contributed by atoms with van der Waals surface area (Å²) < 4.78 is 74.0. The summed E-state index contributed by atoms with van der Waals surface area (Å²) >= 11 is 0. The number of β-amino-alcohol motifs (C(OH)–C–C–N with tert-alkyl or cyclic N) is 1. The van der Waals surface area contributed by atoms with Gasteiger partial charge in [0, 0.05) is 61.8 Å². The fourth-order valence-electron chi connectivity index (χ4n) is 6.08. The van der Waals surface area contributed by atoms with E-state index in [1.165, 1.54) is 16.4 Å². The zero-order valence-corrected chi connectivity index (χ0v) is 28.9. The average Bonchev–Trinajstić information content (AvgIpc) is 3.60. The molecule has 1 fully saturated rings. The van der Waals surface area contributed by atoms with Crippen molar-refractivity contribution in [3.05, 3.63) is 52.3 Å². The molecule has 2 N–H and O–H groups in total. The van der Waals surface area contributed by atoms with Gasteiger partial charge in [-0.25, -0.2) is 8.42 Å². The number of nitrogens with zero attached hydrogens (tertiary/aromatic N) is 6. The summed E-state index contributed by atoms with van der Waals surface area (Å²) in [5.74, 6) is 1.98. The molecular weight excluding hydrogens is 651 g/mol. The van der Waals surface area contributed by atoms with Gasteiger partial charge >= 0.3 is 6.18 Å². The maximum absolute atomic E-state index is 13.6. The van der Waals surface area contributed by atoms with Gasteiger partial charge in [0.05, 0.1) is 30.2 Å². The van der Waals surface area contributed by atoms with E-state index in [1.807, 2.05) is 13.8 Å². The highest BCUT2D eigenvalue weighted by Gasteiger charge is 2.35. The number of hydrogen-bond acceptors (Lipinski definition) is 10. The van der Waals surface area contributed by atoms with Crippen LogP contribution in [0.3, 0.4) is 0 Å². The zero-order chi connectivity index (χ0) is 35.2. The molecule has 266 valence electrons. The molecular formula is C32H46F3N7O5S. The van der Waals surface area contributed by atoms with Gasteiger partial charge in [-0.05, 0) is 63.5 Å². The largest absolute Gasteiger partial charge is 0.416 e. The zero-order valence-electron chi connectivity index (χ0n) is 28.1. The Morgan fingerprint density at radius 3 is 2.42 bits per heavy atom. The van der Waals surface area contributed by atoms with Gasteiger partial charge in [0.2, 0.25) is 15.9 Å². The minimum Gasteiger partial charge on any atom is -0.390 e. The summed E-state index contributed by atoms with van der Waals surface area (Å²) in [7, 11) is -1.93. The van der Waals surface area contributed by atoms with E-state index >= 15 is 0 Å². The first-order valence-corrected chi connectivity index (χ1v) is 18.0. The first-order valence-electron chi connectivity index (χ1n) is 16.1. The lowest BCUT2D eigenvalue weighted by Gasteiger charge is -2.32. The highest BCUT2D eigenvalue weighted by Crippen LogP contribution is 2.37. The number of carbonyl (C=O) groups excluding carboxylic acids is 1. The van der Waals surface area contributed by atoms with Crippen molar-refractivity contribution in [1.29, 1.82) is 0 Å². The first-order chi connectivity index (χ1) is 22.6. The number of fused-ring (bicyclic) bond motifs is 1. The summed E-state index contributed by atoms with van der Waals surface area (Å²) in [5.41, 5.74) is 1.65. The highest BCUT2D eigenvalue weighted by molar-refractivity contribution is 7.88. The van der Waals surface area contributed by atoms with E-state index in [4.69, 9.17) is 9.62 Å². The van der Waals surface area contributed by atoms with Crippen LogP contribution in [0.15, 0.2) is 22.7 Å². The summed E-state index contributed by atoms with van der Waals surface area (Å²) in [6.45, 7) is 8.26. The Morgan fingerprint density at radius 2 is 1.88 bits per heavy atom. The lowest BCUT2D eigenvalue weighted by Crippen LogP contribution is -2.40. The van der Waals surface area contributed by atoms with Gasteiger partial charge in [-0.15, -0.1) is 0 Å². The standard InChI is InChI=1S/C27H36F3N7O4S.C5H10O/c1-17-32-26(41-34-17)18-6-9-35(10-7-18)14-21(38)15-37-24-8-11-36(42(3,39)40)16-22(24)25(33-37)19-4-5-23(27(28,29)30)20(12-19)13-31-2;1-5(2)3-4-6/h4-5,12,18,21,31,38H,6-11,13-16H2,1-3H3;4-5H,3H2,1-2H3. The molecule has 48 heavy (non-hydrogen) atoms. The quantitative estimate of drug-likeness (QED) is 0.284. The molecule has 4 heterocycles. The van der Waals surface area contributed by atoms with Gasteiger partial charge < -0.3 is 24.6 Å². The highest BCUT2D eigenvalue weighted by atomic mass is 32.2. The number of aliphatic hydroxyl groups excluding tert-OH is 1. The van der Waals surface area contributed by atoms with Crippen LogP contribution in [0, 0.1) is 12.8 Å². The number of aliphatic hydroxyl groups is 1. The molecule has 0 aliphatic carbocycles. The van der Waals surface area contributed by atoms with Crippen molar-refractivity contribution in [3.8, 4) is 11.3 Å². The van der Waals surface area contributed by atoms with Crippen LogP contribution in [-0.2, 0) is 47.0 Å². The van der Waals surface area contributed by atoms with Crippen LogP contribution in [-0.4, -0.2) is 94.5 Å². The van der Waals surface area contributed by atoms with Gasteiger partial charge in [0.1, 0.15) is 6.29 Å². The Balaban J connectivity index is 0.000000794. The van der Waals surface area contributed by atoms with E-state index in [2.05, 4.69) is 20.4 Å². The van der Waals surface area contributed by atoms with Gasteiger partial charge in [-0.1, -0.05) is 25.1 Å². The number of rotatable bonds is 11. The fourth-order valence-corrected chi connectivity index (χ4v) is 6.86. The minimum atomic E-state index is -4.51. The molecule has 0 radical (unpaired) electrons. The Morgan fingerprint density at radius 1 is 1.17 bits per heavy atom. The number of aryl methyl sites for hydroxylation is 1. The molecule has 2 aliphatic heterocycles. The number of nitrogens with one attached hydrogen (secondary N) is 1. The van der Waals surface area contributed by atoms with Crippen molar-refractivity contribution < 1.29 is 36.0 Å². The fraction of sp³-hybridized carbons (Fsp3) is 0.625. The molecule has 0 amide bonds. The Kier molecular flexibility index (Phi) is 12.6. The number of halogens is 3. The number of alkyl halides is 3. The second-order valence-corrected chi connectivity index (χ2v) is 14.9. The minimum absolute atomic E-state index is 0.00254. The van der Waals surface area contributed by atoms with Crippen LogP contribution < -0.4 is 5.32 Å². The summed E-state index contributed by atoms with van der Waals surface area (Å²) in [5, 5.41) is 22.5. The van der Waals surface area contributed by atoms with Crippen molar-refractivity contribution >= 4 is 16.3 Å². The Bertz CT molecular complexity index is 1630. The van der Waals surface area contributed by atoms with E-state index in [-0.39, 0.29) is 37.7 Å². The Hall–Kier alpha value is -3.18. The molecule has 0 saturated carbocycles. The van der Waals surface area contributed by atoms with Crippen molar-refractivity contribution in [3.63, 3.8) is 0 Å². The van der Waals surface area contributed by atoms with Crippen molar-refractivity contribution in [2.75, 3.05) is 39.5 Å². The molecule has 2 aliphatic rings. The molecule has 1 atom stereocenters. The van der Waals surface area contributed by atoms with Gasteiger partial charge in [0.15, 0.2) is 5.82 Å². The van der Waals surface area contributed by atoms with E-state index in [0.29, 0.717) is 53.8 Å². The summed E-state index contributed by atoms with van der Waals surface area (Å²) in [6.07, 6.45) is -0.451. The molecule has 16 heteroatoms. The summed E-state index contributed by atoms with van der Waals surface area (Å²) in [4.78, 5) is 16.1. The van der Waals surface area contributed by atoms with Crippen molar-refractivity contribution in [2.45, 2.75) is 84.3 Å². The third-order valence-electron chi connectivity index (χ3n) is 8.52. The second-order valence-electron chi connectivity index (χ2n) is 12.9. The topological polar surface area (TPSA) is 147 Å². The number of likely N-dealkylation sites (tertiary alicyclic amines) is 1. The smallest absolute Gasteiger partial charge is 0.390 e. The SMILES string of the molecule is CC(C)CC=O.CNCc1cc(-c2nn(CC(O)CN3CCC(c4nc(C)no4)CC3)c3c2CN(S(C)(=O)=O)CC3)ccc1C(F)(F)F. The van der Waals surface area contributed by atoms with E-state index in [1.54, 1.807) is 18.7 Å². The van der Waals surface area contributed by atoms with E-state index in [9.17, 15) is 31.5 Å². The number of hydrogen-bond donors (Lipinski definition) is 2. The molecule has 0 bridgehead atoms. The summed E-state index contributed by atoms with van der Waals surface area (Å²) in [6, 6.07) is 3.87. The third kappa shape index (κ3) is 9.71. The molecule has 12 nitrogen and oxygen atoms in total. The maximum Gasteiger partial charge on any atom is 0.416 e. The van der Waals surface area contributed by atoms with Crippen LogP contribution >= 0.6 is 0 Å². The molecule has 5 rings (SSSR count). The Labute approximate surface area is 279 Å². The molecule has 2 aromatic heterocycles. The predicted molar refractivity (Wildman–Crippen MR) is 173 cm³/mol. The lowest BCUT2D eigenvalue weighted by atomic mass is 9.96. The number of sulfonamides is 1. The normalized spacial score (nSPS) is 17.2. The average molecular weight is 698 g/mol. The van der Waals surface area contributed by atoms with Crippen molar-refractivity contribution in [2.24, 2.45) is 5.92 Å². The van der Waals surface area contributed by atoms with E-state index in [0.717, 1.165) is 50.2 Å². The van der Waals surface area contributed by atoms with Crippen molar-refractivity contribution in [1.82, 2.24) is 34.4 Å². The van der Waals surface area contributed by atoms with Crippen LogP contribution in [0.1, 0.15) is 73.1 Å².